The van der Waals surface area contributed by atoms with Crippen molar-refractivity contribution in [3.8, 4) is 5.75 Å². The first kappa shape index (κ1) is 18.6. The number of nitrogens with zero attached hydrogens (tertiary/aromatic N) is 2. The zero-order chi connectivity index (χ0) is 17.0. The first-order valence-electron chi connectivity index (χ1n) is 7.25. The summed E-state index contributed by atoms with van der Waals surface area (Å²) >= 11 is 13.2. The van der Waals surface area contributed by atoms with Crippen LogP contribution in [0.25, 0.3) is 0 Å². The number of piperidine rings is 1. The average molecular weight is 380 g/mol. The third kappa shape index (κ3) is 5.14. The minimum Gasteiger partial charge on any atom is -0.506 e. The van der Waals surface area contributed by atoms with E-state index in [0.717, 1.165) is 0 Å². The van der Waals surface area contributed by atoms with Gasteiger partial charge in [-0.25, -0.2) is 4.39 Å². The maximum atomic E-state index is 14.7. The smallest absolute Gasteiger partial charge is 0.153 e. The van der Waals surface area contributed by atoms with Crippen LogP contribution in [0.5, 0.6) is 5.75 Å². The molecule has 0 saturated carbocycles. The van der Waals surface area contributed by atoms with Gasteiger partial charge in [0.15, 0.2) is 5.17 Å². The molecule has 0 radical (unpaired) electrons. The van der Waals surface area contributed by atoms with E-state index in [1.165, 1.54) is 17.8 Å². The number of rotatable bonds is 4. The predicted octanol–water partition coefficient (Wildman–Crippen LogP) is 3.68. The lowest BCUT2D eigenvalue weighted by molar-refractivity contribution is 0.0622. The lowest BCUT2D eigenvalue weighted by Crippen LogP contribution is -2.43. The minimum atomic E-state index is -1.31. The molecule has 0 atom stereocenters. The first-order chi connectivity index (χ1) is 10.8. The van der Waals surface area contributed by atoms with E-state index in [4.69, 9.17) is 28.9 Å². The summed E-state index contributed by atoms with van der Waals surface area (Å²) in [6, 6.07) is 3.18. The number of likely N-dealkylation sites (tertiary alicyclic amines) is 1. The maximum absolute atomic E-state index is 14.7. The predicted molar refractivity (Wildman–Crippen MR) is 96.5 cm³/mol. The van der Waals surface area contributed by atoms with E-state index in [1.54, 1.807) is 6.07 Å². The van der Waals surface area contributed by atoms with Gasteiger partial charge in [-0.2, -0.15) is 0 Å². The summed E-state index contributed by atoms with van der Waals surface area (Å²) in [5.41, 5.74) is 4.94. The molecule has 0 amide bonds. The van der Waals surface area contributed by atoms with Gasteiger partial charge in [0.1, 0.15) is 11.4 Å². The summed E-state index contributed by atoms with van der Waals surface area (Å²) in [6.07, 6.45) is 2.58. The molecule has 23 heavy (non-hydrogen) atoms. The molecule has 1 aromatic carbocycles. The van der Waals surface area contributed by atoms with Crippen LogP contribution in [0.2, 0.25) is 10.0 Å². The second-order valence-corrected chi connectivity index (χ2v) is 7.35. The number of aromatic hydroxyl groups is 1. The van der Waals surface area contributed by atoms with Crippen LogP contribution in [0.4, 0.5) is 4.39 Å². The highest BCUT2D eigenvalue weighted by Gasteiger charge is 2.34. The van der Waals surface area contributed by atoms with Gasteiger partial charge in [0, 0.05) is 30.2 Å². The molecular weight excluding hydrogens is 360 g/mol. The highest BCUT2D eigenvalue weighted by molar-refractivity contribution is 8.13. The lowest BCUT2D eigenvalue weighted by atomic mass is 9.93. The van der Waals surface area contributed by atoms with Gasteiger partial charge in [-0.05, 0) is 31.2 Å². The number of benzene rings is 1. The van der Waals surface area contributed by atoms with Gasteiger partial charge in [-0.15, -0.1) is 0 Å². The second kappa shape index (κ2) is 7.92. The molecule has 1 aliphatic heterocycles. The standard InChI is InChI=1S/C15H20Cl2FN3OS/c1-23-14(19)20-9-15(18)2-4-21(5-3-15)8-10-6-11(16)7-12(17)13(10)22/h6-7,22H,2-5,8-9H2,1H3,(H2,19,20). The summed E-state index contributed by atoms with van der Waals surface area (Å²) in [5, 5.41) is 11.1. The molecule has 3 N–H and O–H groups in total. The second-order valence-electron chi connectivity index (χ2n) is 5.68. The van der Waals surface area contributed by atoms with Crippen molar-refractivity contribution in [1.82, 2.24) is 4.90 Å². The van der Waals surface area contributed by atoms with Gasteiger partial charge in [0.05, 0.1) is 11.6 Å². The van der Waals surface area contributed by atoms with Crippen LogP contribution in [0, 0.1) is 0 Å². The molecule has 1 fully saturated rings. The van der Waals surface area contributed by atoms with Crippen molar-refractivity contribution < 1.29 is 9.50 Å². The van der Waals surface area contributed by atoms with Gasteiger partial charge in [0.2, 0.25) is 0 Å². The summed E-state index contributed by atoms with van der Waals surface area (Å²) in [6.45, 7) is 1.74. The summed E-state index contributed by atoms with van der Waals surface area (Å²) in [7, 11) is 0. The summed E-state index contributed by atoms with van der Waals surface area (Å²) in [4.78, 5) is 6.14. The number of hydrogen-bond acceptors (Lipinski definition) is 4. The fourth-order valence-corrected chi connectivity index (χ4v) is 3.26. The number of alkyl halides is 1. The molecule has 0 aromatic heterocycles. The number of phenols is 1. The Balaban J connectivity index is 1.95. The molecule has 1 aliphatic rings. The van der Waals surface area contributed by atoms with Gasteiger partial charge in [-0.3, -0.25) is 9.89 Å². The monoisotopic (exact) mass is 379 g/mol. The van der Waals surface area contributed by atoms with Gasteiger partial charge >= 0.3 is 0 Å². The minimum absolute atomic E-state index is 0.0329. The molecular formula is C15H20Cl2FN3OS. The third-order valence-corrected chi connectivity index (χ3v) is 5.03. The Hall–Kier alpha value is -0.690. The van der Waals surface area contributed by atoms with Crippen molar-refractivity contribution in [3.63, 3.8) is 0 Å². The normalized spacial score (nSPS) is 19.0. The Morgan fingerprint density at radius 3 is 2.70 bits per heavy atom. The Kier molecular flexibility index (Phi) is 6.42. The number of phenolic OH excluding ortho intramolecular Hbond substituents is 1. The zero-order valence-corrected chi connectivity index (χ0v) is 15.2. The molecule has 8 heteroatoms. The van der Waals surface area contributed by atoms with E-state index >= 15 is 0 Å². The SMILES string of the molecule is CSC(N)=NCC1(F)CCN(Cc2cc(Cl)cc(Cl)c2O)CC1. The molecule has 4 nitrogen and oxygen atoms in total. The number of hydrogen-bond donors (Lipinski definition) is 2. The fourth-order valence-electron chi connectivity index (χ4n) is 2.53. The molecule has 0 bridgehead atoms. The van der Waals surface area contributed by atoms with Crippen LogP contribution in [0.1, 0.15) is 18.4 Å². The summed E-state index contributed by atoms with van der Waals surface area (Å²) < 4.78 is 14.7. The van der Waals surface area contributed by atoms with Crippen molar-refractivity contribution in [2.24, 2.45) is 10.7 Å². The molecule has 0 spiro atoms. The number of amidine groups is 1. The van der Waals surface area contributed by atoms with E-state index in [0.29, 0.717) is 48.2 Å². The van der Waals surface area contributed by atoms with Crippen LogP contribution in [-0.2, 0) is 6.54 Å². The Morgan fingerprint density at radius 1 is 1.43 bits per heavy atom. The number of halogens is 3. The molecule has 128 valence electrons. The highest BCUT2D eigenvalue weighted by Crippen LogP contribution is 2.34. The van der Waals surface area contributed by atoms with Crippen molar-refractivity contribution in [2.45, 2.75) is 25.1 Å². The van der Waals surface area contributed by atoms with Gasteiger partial charge < -0.3 is 10.8 Å². The largest absolute Gasteiger partial charge is 0.506 e. The molecule has 2 rings (SSSR count). The van der Waals surface area contributed by atoms with Crippen molar-refractivity contribution in [1.29, 1.82) is 0 Å². The fraction of sp³-hybridized carbons (Fsp3) is 0.533. The maximum Gasteiger partial charge on any atom is 0.153 e. The van der Waals surface area contributed by atoms with E-state index in [1.807, 2.05) is 6.26 Å². The molecule has 0 unspecified atom stereocenters. The lowest BCUT2D eigenvalue weighted by Gasteiger charge is -2.35. The van der Waals surface area contributed by atoms with Crippen LogP contribution < -0.4 is 5.73 Å². The molecule has 1 aromatic rings. The van der Waals surface area contributed by atoms with Crippen molar-refractivity contribution in [3.05, 3.63) is 27.7 Å². The third-order valence-electron chi connectivity index (χ3n) is 3.98. The first-order valence-corrected chi connectivity index (χ1v) is 9.23. The van der Waals surface area contributed by atoms with Crippen molar-refractivity contribution in [2.75, 3.05) is 25.9 Å². The Morgan fingerprint density at radius 2 is 2.09 bits per heavy atom. The van der Waals surface area contributed by atoms with Crippen LogP contribution in [-0.4, -0.2) is 46.7 Å². The Labute approximate surface area is 149 Å². The highest BCUT2D eigenvalue weighted by atomic mass is 35.5. The topological polar surface area (TPSA) is 61.8 Å². The van der Waals surface area contributed by atoms with Crippen LogP contribution >= 0.6 is 35.0 Å². The molecule has 1 saturated heterocycles. The number of aliphatic imine (C=N–C) groups is 1. The number of nitrogens with two attached hydrogens (primary N) is 1. The van der Waals surface area contributed by atoms with Gasteiger partial charge in [0.25, 0.3) is 0 Å². The van der Waals surface area contributed by atoms with Crippen molar-refractivity contribution >= 4 is 40.1 Å². The van der Waals surface area contributed by atoms with Gasteiger partial charge in [-0.1, -0.05) is 35.0 Å². The van der Waals surface area contributed by atoms with E-state index < -0.39 is 5.67 Å². The average Bonchev–Trinajstić information content (AvgIpc) is 2.52. The summed E-state index contributed by atoms with van der Waals surface area (Å²) in [5.74, 6) is 0.0329. The van der Waals surface area contributed by atoms with Crippen LogP contribution in [0.3, 0.4) is 0 Å². The van der Waals surface area contributed by atoms with Crippen LogP contribution in [0.15, 0.2) is 17.1 Å². The zero-order valence-electron chi connectivity index (χ0n) is 12.9. The molecule has 0 aliphatic carbocycles. The van der Waals surface area contributed by atoms with E-state index in [9.17, 15) is 9.50 Å². The molecule has 1 heterocycles. The quantitative estimate of drug-likeness (QED) is 0.618. The number of thioether (sulfide) groups is 1. The Bertz CT molecular complexity index is 592. The van der Waals surface area contributed by atoms with E-state index in [-0.39, 0.29) is 17.3 Å². The van der Waals surface area contributed by atoms with E-state index in [2.05, 4.69) is 9.89 Å².